The summed E-state index contributed by atoms with van der Waals surface area (Å²) >= 11 is 0. The van der Waals surface area contributed by atoms with Crippen LogP contribution in [0.1, 0.15) is 57.9 Å². The van der Waals surface area contributed by atoms with Crippen molar-refractivity contribution in [1.29, 1.82) is 0 Å². The van der Waals surface area contributed by atoms with Crippen LogP contribution in [0.3, 0.4) is 0 Å². The van der Waals surface area contributed by atoms with Gasteiger partial charge in [0.1, 0.15) is 23.9 Å². The molecule has 12 nitrogen and oxygen atoms in total. The van der Waals surface area contributed by atoms with E-state index < -0.39 is 47.9 Å². The second-order valence-electron chi connectivity index (χ2n) is 11.3. The lowest BCUT2D eigenvalue weighted by Crippen LogP contribution is -2.59. The fraction of sp³-hybridized carbons (Fsp3) is 0.621. The summed E-state index contributed by atoms with van der Waals surface area (Å²) in [6, 6.07) is 3.77. The second kappa shape index (κ2) is 13.8. The zero-order valence-electron chi connectivity index (χ0n) is 23.7. The number of carbonyl (C=O) groups excluding carboxylic acids is 5. The summed E-state index contributed by atoms with van der Waals surface area (Å²) in [5, 5.41) is 21.2. The van der Waals surface area contributed by atoms with Crippen molar-refractivity contribution in [2.75, 3.05) is 19.7 Å². The Morgan fingerprint density at radius 1 is 0.976 bits per heavy atom. The van der Waals surface area contributed by atoms with Gasteiger partial charge in [-0.15, -0.1) is 0 Å². The zero-order valence-corrected chi connectivity index (χ0v) is 23.7. The van der Waals surface area contributed by atoms with Gasteiger partial charge >= 0.3 is 0 Å². The molecule has 5 N–H and O–H groups in total. The van der Waals surface area contributed by atoms with Crippen LogP contribution >= 0.6 is 0 Å². The normalized spacial score (nSPS) is 27.7. The first kappa shape index (κ1) is 30.3. The van der Waals surface area contributed by atoms with Gasteiger partial charge in [0, 0.05) is 25.6 Å². The van der Waals surface area contributed by atoms with Gasteiger partial charge < -0.3 is 36.0 Å². The summed E-state index contributed by atoms with van der Waals surface area (Å²) < 4.78 is 5.70. The molecule has 4 aliphatic rings. The maximum atomic E-state index is 13.2. The van der Waals surface area contributed by atoms with E-state index in [0.29, 0.717) is 25.1 Å². The third-order valence-electron chi connectivity index (χ3n) is 8.02. The van der Waals surface area contributed by atoms with E-state index in [1.807, 2.05) is 0 Å². The molecule has 1 aromatic carbocycles. The molecule has 0 radical (unpaired) electrons. The van der Waals surface area contributed by atoms with Crippen LogP contribution in [0.5, 0.6) is 5.75 Å². The predicted molar refractivity (Wildman–Crippen MR) is 148 cm³/mol. The lowest BCUT2D eigenvalue weighted by molar-refractivity contribution is -0.140. The summed E-state index contributed by atoms with van der Waals surface area (Å²) in [6.45, 7) is 3.30. The van der Waals surface area contributed by atoms with Gasteiger partial charge in [0.05, 0.1) is 12.0 Å². The van der Waals surface area contributed by atoms with E-state index >= 15 is 0 Å². The molecule has 5 amide bonds. The summed E-state index contributed by atoms with van der Waals surface area (Å²) in [7, 11) is 0. The minimum absolute atomic E-state index is 0.0524. The number of ether oxygens (including phenoxy) is 1. The van der Waals surface area contributed by atoms with Crippen molar-refractivity contribution >= 4 is 29.5 Å². The number of hydrogen-bond acceptors (Lipinski definition) is 7. The smallest absolute Gasteiger partial charge is 0.260 e. The Labute approximate surface area is 239 Å². The Hall–Kier alpha value is -3.67. The van der Waals surface area contributed by atoms with Crippen molar-refractivity contribution in [3.05, 3.63) is 29.8 Å². The van der Waals surface area contributed by atoms with E-state index in [4.69, 9.17) is 4.74 Å². The zero-order chi connectivity index (χ0) is 29.5. The van der Waals surface area contributed by atoms with Crippen molar-refractivity contribution in [2.24, 2.45) is 5.92 Å². The molecular weight excluding hydrogens is 530 g/mol. The topological polar surface area (TPSA) is 166 Å². The summed E-state index contributed by atoms with van der Waals surface area (Å²) in [6.07, 6.45) is 3.93. The number of carbonyl (C=O) groups is 5. The van der Waals surface area contributed by atoms with Crippen molar-refractivity contribution in [3.63, 3.8) is 0 Å². The molecular formula is C29H41N5O7. The average molecular weight is 572 g/mol. The van der Waals surface area contributed by atoms with Crippen molar-refractivity contribution in [1.82, 2.24) is 26.2 Å². The van der Waals surface area contributed by atoms with Gasteiger partial charge in [-0.2, -0.15) is 0 Å². The number of nitrogens with zero attached hydrogens (tertiary/aromatic N) is 1. The molecule has 0 aromatic heterocycles. The van der Waals surface area contributed by atoms with Crippen LogP contribution in [0.2, 0.25) is 0 Å². The highest BCUT2D eigenvalue weighted by atomic mass is 16.5. The molecule has 1 saturated heterocycles. The van der Waals surface area contributed by atoms with Crippen LogP contribution < -0.4 is 26.0 Å². The highest BCUT2D eigenvalue weighted by molar-refractivity contribution is 5.94. The molecule has 12 heteroatoms. The maximum Gasteiger partial charge on any atom is 0.260 e. The van der Waals surface area contributed by atoms with Gasteiger partial charge in [-0.3, -0.25) is 24.0 Å². The Kier molecular flexibility index (Phi) is 10.2. The minimum Gasteiger partial charge on any atom is -0.484 e. The first-order valence-corrected chi connectivity index (χ1v) is 14.5. The molecule has 4 bridgehead atoms. The number of rotatable bonds is 3. The average Bonchev–Trinajstić information content (AvgIpc) is 3.47. The van der Waals surface area contributed by atoms with Crippen molar-refractivity contribution in [2.45, 2.75) is 89.1 Å². The van der Waals surface area contributed by atoms with Gasteiger partial charge in [0.15, 0.2) is 6.61 Å². The number of benzene rings is 1. The lowest BCUT2D eigenvalue weighted by Gasteiger charge is -2.33. The van der Waals surface area contributed by atoms with E-state index in [0.717, 1.165) is 31.2 Å². The van der Waals surface area contributed by atoms with Crippen LogP contribution in [0, 0.1) is 5.92 Å². The van der Waals surface area contributed by atoms with E-state index in [2.05, 4.69) is 21.3 Å². The van der Waals surface area contributed by atoms with E-state index in [1.165, 1.54) is 13.8 Å². The quantitative estimate of drug-likeness (QED) is 0.313. The molecule has 1 saturated carbocycles. The number of amides is 5. The number of aliphatic hydroxyl groups is 1. The van der Waals surface area contributed by atoms with Crippen LogP contribution in [0.25, 0.3) is 0 Å². The van der Waals surface area contributed by atoms with Gasteiger partial charge in [-0.05, 0) is 57.2 Å². The monoisotopic (exact) mass is 571 g/mol. The first-order valence-electron chi connectivity index (χ1n) is 14.5. The highest BCUT2D eigenvalue weighted by Gasteiger charge is 2.34. The minimum atomic E-state index is -1.31. The SMILES string of the molecule is C[C@@H]1NC(=O)[C@H]([C@@H](C)O)NC(=O)[C@H]2CCCN(C2)C(=O)COc2ccc(cc2)C[C@@H](C(=O)NC2CCCC2)NC1=O. The summed E-state index contributed by atoms with van der Waals surface area (Å²) in [5.74, 6) is -2.42. The number of piperidine rings is 1. The molecule has 1 aliphatic carbocycles. The molecule has 5 atom stereocenters. The first-order chi connectivity index (χ1) is 19.6. The fourth-order valence-electron chi connectivity index (χ4n) is 5.53. The van der Waals surface area contributed by atoms with Gasteiger partial charge in [-0.1, -0.05) is 25.0 Å². The Balaban J connectivity index is 1.57. The van der Waals surface area contributed by atoms with E-state index in [9.17, 15) is 29.1 Å². The van der Waals surface area contributed by atoms with E-state index in [1.54, 1.807) is 29.2 Å². The van der Waals surface area contributed by atoms with E-state index in [-0.39, 0.29) is 37.4 Å². The van der Waals surface area contributed by atoms with Crippen LogP contribution in [0.15, 0.2) is 24.3 Å². The Morgan fingerprint density at radius 3 is 2.37 bits per heavy atom. The van der Waals surface area contributed by atoms with Crippen molar-refractivity contribution < 1.29 is 33.8 Å². The third kappa shape index (κ3) is 8.18. The maximum absolute atomic E-state index is 13.2. The van der Waals surface area contributed by atoms with Crippen LogP contribution in [-0.4, -0.2) is 89.5 Å². The number of hydrogen-bond donors (Lipinski definition) is 5. The largest absolute Gasteiger partial charge is 0.484 e. The molecule has 0 spiro atoms. The molecule has 2 fully saturated rings. The molecule has 5 rings (SSSR count). The lowest BCUT2D eigenvalue weighted by atomic mass is 9.96. The highest BCUT2D eigenvalue weighted by Crippen LogP contribution is 2.20. The summed E-state index contributed by atoms with van der Waals surface area (Å²) in [5.41, 5.74) is 0.775. The molecule has 41 heavy (non-hydrogen) atoms. The summed E-state index contributed by atoms with van der Waals surface area (Å²) in [4.78, 5) is 66.9. The fourth-order valence-corrected chi connectivity index (χ4v) is 5.53. The standard InChI is InChI=1S/C29H41N5O7/c1-17-26(37)32-23(28(39)31-21-7-3-4-8-21)14-19-9-11-22(12-10-19)41-16-24(36)34-13-5-6-20(15-34)27(38)33-25(18(2)35)29(40)30-17/h9-12,17-18,20-21,23,25,35H,3-8,13-16H2,1-2H3,(H,30,40)(H,31,39)(H,32,37)(H,33,38)/t17-,18+,20-,23-,25-/m0/s1. The van der Waals surface area contributed by atoms with Crippen molar-refractivity contribution in [3.8, 4) is 5.75 Å². The molecule has 224 valence electrons. The number of aliphatic hydroxyl groups excluding tert-OH is 1. The van der Waals surface area contributed by atoms with Gasteiger partial charge in [0.2, 0.25) is 23.6 Å². The molecule has 1 aromatic rings. The third-order valence-corrected chi connectivity index (χ3v) is 8.02. The molecule has 0 unspecified atom stereocenters. The molecule has 3 aliphatic heterocycles. The van der Waals surface area contributed by atoms with Gasteiger partial charge in [-0.25, -0.2) is 0 Å². The van der Waals surface area contributed by atoms with Gasteiger partial charge in [0.25, 0.3) is 5.91 Å². The predicted octanol–water partition coefficient (Wildman–Crippen LogP) is -0.226. The Morgan fingerprint density at radius 2 is 1.68 bits per heavy atom. The molecule has 3 heterocycles. The second-order valence-corrected chi connectivity index (χ2v) is 11.3. The number of fused-ring (bicyclic) bond motifs is 13. The van der Waals surface area contributed by atoms with Crippen LogP contribution in [0.4, 0.5) is 0 Å². The van der Waals surface area contributed by atoms with Crippen LogP contribution in [-0.2, 0) is 30.4 Å². The number of nitrogens with one attached hydrogen (secondary N) is 4. The Bertz CT molecular complexity index is 1120.